The van der Waals surface area contributed by atoms with Gasteiger partial charge in [-0.2, -0.15) is 5.10 Å². The molecule has 1 aliphatic rings. The lowest BCUT2D eigenvalue weighted by Crippen LogP contribution is -2.47. The first-order valence-electron chi connectivity index (χ1n) is 8.20. The molecule has 0 atom stereocenters. The van der Waals surface area contributed by atoms with Gasteiger partial charge in [-0.1, -0.05) is 0 Å². The van der Waals surface area contributed by atoms with E-state index in [0.717, 1.165) is 38.0 Å². The average Bonchev–Trinajstić information content (AvgIpc) is 2.89. The Morgan fingerprint density at radius 2 is 1.92 bits per heavy atom. The van der Waals surface area contributed by atoms with Gasteiger partial charge >= 0.3 is 0 Å². The zero-order valence-electron chi connectivity index (χ0n) is 14.2. The predicted octanol–water partition coefficient (Wildman–Crippen LogP) is -0.0613. The van der Waals surface area contributed by atoms with Gasteiger partial charge in [0.1, 0.15) is 5.82 Å². The van der Waals surface area contributed by atoms with Gasteiger partial charge in [0.05, 0.1) is 6.67 Å². The Kier molecular flexibility index (Phi) is 5.39. The van der Waals surface area contributed by atoms with Crippen LogP contribution in [0.25, 0.3) is 0 Å². The number of anilines is 1. The summed E-state index contributed by atoms with van der Waals surface area (Å²) >= 11 is 5.45. The van der Waals surface area contributed by atoms with Gasteiger partial charge in [-0.3, -0.25) is 9.69 Å². The fraction of sp³-hybridized carbons (Fsp3) is 0.533. The molecule has 0 aromatic carbocycles. The van der Waals surface area contributed by atoms with Crippen molar-refractivity contribution in [1.29, 1.82) is 0 Å². The van der Waals surface area contributed by atoms with Crippen molar-refractivity contribution >= 4 is 24.1 Å². The van der Waals surface area contributed by atoms with Gasteiger partial charge in [0.15, 0.2) is 4.77 Å². The van der Waals surface area contributed by atoms with Crippen molar-refractivity contribution in [3.05, 3.63) is 29.1 Å². The second-order valence-electron chi connectivity index (χ2n) is 6.02. The van der Waals surface area contributed by atoms with E-state index in [4.69, 9.17) is 18.0 Å². The molecule has 1 amide bonds. The summed E-state index contributed by atoms with van der Waals surface area (Å²) in [6.07, 6.45) is 4.29. The minimum absolute atomic E-state index is 0.273. The van der Waals surface area contributed by atoms with Crippen LogP contribution in [-0.4, -0.2) is 61.3 Å². The molecular formula is C15H22N8OS. The van der Waals surface area contributed by atoms with Crippen LogP contribution < -0.4 is 10.6 Å². The number of nitrogens with two attached hydrogens (primary N) is 1. The van der Waals surface area contributed by atoms with E-state index in [-0.39, 0.29) is 12.3 Å². The highest BCUT2D eigenvalue weighted by atomic mass is 32.1. The van der Waals surface area contributed by atoms with Gasteiger partial charge in [-0.05, 0) is 18.3 Å². The maximum Gasteiger partial charge on any atom is 0.225 e. The van der Waals surface area contributed by atoms with Gasteiger partial charge in [-0.15, -0.1) is 0 Å². The first-order valence-corrected chi connectivity index (χ1v) is 8.61. The first-order chi connectivity index (χ1) is 12.0. The molecule has 3 rings (SSSR count). The van der Waals surface area contributed by atoms with E-state index in [1.54, 1.807) is 17.1 Å². The van der Waals surface area contributed by atoms with Crippen LogP contribution in [-0.2, 0) is 24.9 Å². The summed E-state index contributed by atoms with van der Waals surface area (Å²) in [7, 11) is 1.87. The van der Waals surface area contributed by atoms with Crippen LogP contribution in [0.2, 0.25) is 0 Å². The third-order valence-corrected chi connectivity index (χ3v) is 4.75. The van der Waals surface area contributed by atoms with Gasteiger partial charge in [-0.25, -0.2) is 14.6 Å². The molecule has 0 aliphatic carbocycles. The van der Waals surface area contributed by atoms with E-state index in [0.29, 0.717) is 17.9 Å². The van der Waals surface area contributed by atoms with E-state index in [2.05, 4.69) is 24.9 Å². The molecule has 10 heteroatoms. The van der Waals surface area contributed by atoms with Crippen LogP contribution in [0.15, 0.2) is 18.5 Å². The molecule has 25 heavy (non-hydrogen) atoms. The predicted molar refractivity (Wildman–Crippen MR) is 95.4 cm³/mol. The smallest absolute Gasteiger partial charge is 0.225 e. The van der Waals surface area contributed by atoms with Crippen LogP contribution in [0.3, 0.4) is 0 Å². The SMILES string of the molecule is Cn1c(CCC(N)=O)nn(CN2CCN(c3ncccn3)CC2)c1=S. The van der Waals surface area contributed by atoms with E-state index >= 15 is 0 Å². The number of aromatic nitrogens is 5. The van der Waals surface area contributed by atoms with Gasteiger partial charge in [0.2, 0.25) is 11.9 Å². The molecule has 9 nitrogen and oxygen atoms in total. The molecule has 1 fully saturated rings. The van der Waals surface area contributed by atoms with Crippen LogP contribution in [0, 0.1) is 4.77 Å². The summed E-state index contributed by atoms with van der Waals surface area (Å²) < 4.78 is 4.29. The lowest BCUT2D eigenvalue weighted by Gasteiger charge is -2.34. The second kappa shape index (κ2) is 7.70. The largest absolute Gasteiger partial charge is 0.370 e. The van der Waals surface area contributed by atoms with Gasteiger partial charge in [0, 0.05) is 58.5 Å². The molecule has 3 heterocycles. The van der Waals surface area contributed by atoms with Crippen LogP contribution in [0.1, 0.15) is 12.2 Å². The molecule has 1 saturated heterocycles. The fourth-order valence-electron chi connectivity index (χ4n) is 2.81. The average molecular weight is 362 g/mol. The molecule has 0 saturated carbocycles. The van der Waals surface area contributed by atoms with Crippen molar-refractivity contribution in [3.8, 4) is 0 Å². The summed E-state index contributed by atoms with van der Waals surface area (Å²) in [5.41, 5.74) is 5.21. The minimum Gasteiger partial charge on any atom is -0.370 e. The Morgan fingerprint density at radius 1 is 1.24 bits per heavy atom. The third kappa shape index (κ3) is 4.20. The number of rotatable bonds is 6. The Morgan fingerprint density at radius 3 is 2.56 bits per heavy atom. The third-order valence-electron chi connectivity index (χ3n) is 4.27. The normalized spacial score (nSPS) is 15.5. The fourth-order valence-corrected chi connectivity index (χ4v) is 3.01. The molecular weight excluding hydrogens is 340 g/mol. The number of carbonyl (C=O) groups is 1. The zero-order chi connectivity index (χ0) is 17.8. The second-order valence-corrected chi connectivity index (χ2v) is 6.38. The Labute approximate surface area is 151 Å². The molecule has 0 spiro atoms. The van der Waals surface area contributed by atoms with E-state index < -0.39 is 0 Å². The summed E-state index contributed by atoms with van der Waals surface area (Å²) in [6.45, 7) is 4.12. The Bertz CT molecular complexity index is 779. The van der Waals surface area contributed by atoms with Crippen molar-refractivity contribution in [3.63, 3.8) is 0 Å². The van der Waals surface area contributed by atoms with Crippen molar-refractivity contribution in [2.24, 2.45) is 12.8 Å². The number of amides is 1. The van der Waals surface area contributed by atoms with Crippen molar-refractivity contribution < 1.29 is 4.79 Å². The van der Waals surface area contributed by atoms with Crippen LogP contribution in [0.4, 0.5) is 5.95 Å². The molecule has 2 aromatic rings. The van der Waals surface area contributed by atoms with Gasteiger partial charge in [0.25, 0.3) is 0 Å². The number of piperazine rings is 1. The monoisotopic (exact) mass is 362 g/mol. The molecule has 0 unspecified atom stereocenters. The number of hydrogen-bond acceptors (Lipinski definition) is 7. The van der Waals surface area contributed by atoms with Crippen LogP contribution in [0.5, 0.6) is 0 Å². The van der Waals surface area contributed by atoms with Gasteiger partial charge < -0.3 is 15.2 Å². The van der Waals surface area contributed by atoms with E-state index in [1.165, 1.54) is 0 Å². The lowest BCUT2D eigenvalue weighted by molar-refractivity contribution is -0.118. The highest BCUT2D eigenvalue weighted by molar-refractivity contribution is 7.71. The Balaban J connectivity index is 1.59. The summed E-state index contributed by atoms with van der Waals surface area (Å²) in [5, 5.41) is 4.54. The first kappa shape index (κ1) is 17.5. The van der Waals surface area contributed by atoms with E-state index in [9.17, 15) is 4.79 Å². The summed E-state index contributed by atoms with van der Waals surface area (Å²) in [5.74, 6) is 1.21. The standard InChI is InChI=1S/C15H22N8OS/c1-20-13(4-3-12(16)24)19-23(15(20)25)11-21-7-9-22(10-8-21)14-17-5-2-6-18-14/h2,5-6H,3-4,7-11H2,1H3,(H2,16,24). The number of carbonyl (C=O) groups excluding carboxylic acids is 1. The Hall–Kier alpha value is -2.33. The molecule has 0 radical (unpaired) electrons. The maximum atomic E-state index is 11.0. The number of nitrogens with zero attached hydrogens (tertiary/aromatic N) is 7. The minimum atomic E-state index is -0.334. The summed E-state index contributed by atoms with van der Waals surface area (Å²) in [4.78, 5) is 24.0. The molecule has 2 N–H and O–H groups in total. The van der Waals surface area contributed by atoms with Crippen molar-refractivity contribution in [2.75, 3.05) is 31.1 Å². The highest BCUT2D eigenvalue weighted by Gasteiger charge is 2.20. The van der Waals surface area contributed by atoms with Crippen molar-refractivity contribution in [2.45, 2.75) is 19.5 Å². The molecule has 0 bridgehead atoms. The highest BCUT2D eigenvalue weighted by Crippen LogP contribution is 2.11. The van der Waals surface area contributed by atoms with Crippen molar-refractivity contribution in [1.82, 2.24) is 29.2 Å². The molecule has 134 valence electrons. The van der Waals surface area contributed by atoms with E-state index in [1.807, 2.05) is 17.7 Å². The topological polar surface area (TPSA) is 98.1 Å². The number of aryl methyl sites for hydroxylation is 1. The lowest BCUT2D eigenvalue weighted by atomic mass is 10.3. The number of hydrogen-bond donors (Lipinski definition) is 1. The summed E-state index contributed by atoms with van der Waals surface area (Å²) in [6, 6.07) is 1.82. The maximum absolute atomic E-state index is 11.0. The van der Waals surface area contributed by atoms with Crippen LogP contribution >= 0.6 is 12.2 Å². The molecule has 1 aliphatic heterocycles. The quantitative estimate of drug-likeness (QED) is 0.719. The molecule has 2 aromatic heterocycles. The number of primary amides is 1. The zero-order valence-corrected chi connectivity index (χ0v) is 15.0.